The number of nitrogens with two attached hydrogens (primary N) is 1. The molecule has 1 fully saturated rings. The molecule has 0 aromatic carbocycles. The van der Waals surface area contributed by atoms with E-state index in [-0.39, 0.29) is 11.9 Å². The van der Waals surface area contributed by atoms with Crippen molar-refractivity contribution in [3.63, 3.8) is 0 Å². The Kier molecular flexibility index (Phi) is 6.27. The van der Waals surface area contributed by atoms with Crippen molar-refractivity contribution < 1.29 is 4.79 Å². The fraction of sp³-hybridized carbons (Fsp3) is 0.562. The molecule has 0 saturated heterocycles. The van der Waals surface area contributed by atoms with Gasteiger partial charge in [0.1, 0.15) is 0 Å². The van der Waals surface area contributed by atoms with Gasteiger partial charge in [0.15, 0.2) is 0 Å². The van der Waals surface area contributed by atoms with Crippen molar-refractivity contribution >= 4 is 28.8 Å². The van der Waals surface area contributed by atoms with E-state index in [4.69, 9.17) is 17.3 Å². The van der Waals surface area contributed by atoms with Crippen LogP contribution in [0, 0.1) is 5.92 Å². The van der Waals surface area contributed by atoms with E-state index in [1.165, 1.54) is 24.2 Å². The van der Waals surface area contributed by atoms with Crippen molar-refractivity contribution in [2.45, 2.75) is 44.7 Å². The molecule has 2 unspecified atom stereocenters. The zero-order chi connectivity index (χ0) is 15.2. The molecule has 0 bridgehead atoms. The maximum absolute atomic E-state index is 12.6. The lowest BCUT2D eigenvalue weighted by atomic mass is 9.82. The molecule has 2 N–H and O–H groups in total. The van der Waals surface area contributed by atoms with Gasteiger partial charge in [-0.3, -0.25) is 4.79 Å². The van der Waals surface area contributed by atoms with Gasteiger partial charge in [-0.15, -0.1) is 17.9 Å². The summed E-state index contributed by atoms with van der Waals surface area (Å²) in [5, 5.41) is 0. The number of rotatable bonds is 6. The van der Waals surface area contributed by atoms with Gasteiger partial charge in [-0.05, 0) is 30.9 Å². The number of thiophene rings is 1. The lowest BCUT2D eigenvalue weighted by molar-refractivity contribution is -0.132. The van der Waals surface area contributed by atoms with Gasteiger partial charge < -0.3 is 10.6 Å². The highest BCUT2D eigenvalue weighted by Gasteiger charge is 2.26. The predicted molar refractivity (Wildman–Crippen MR) is 89.5 cm³/mol. The topological polar surface area (TPSA) is 46.3 Å². The molecular weight excluding hydrogens is 304 g/mol. The van der Waals surface area contributed by atoms with Crippen molar-refractivity contribution in [1.29, 1.82) is 0 Å². The summed E-state index contributed by atoms with van der Waals surface area (Å²) < 4.78 is 0.755. The number of amides is 1. The van der Waals surface area contributed by atoms with E-state index >= 15 is 0 Å². The summed E-state index contributed by atoms with van der Waals surface area (Å²) in [6.07, 6.45) is 6.81. The van der Waals surface area contributed by atoms with E-state index in [0.29, 0.717) is 25.4 Å². The van der Waals surface area contributed by atoms with Gasteiger partial charge in [-0.2, -0.15) is 0 Å². The van der Waals surface area contributed by atoms with E-state index < -0.39 is 0 Å². The smallest absolute Gasteiger partial charge is 0.223 e. The Morgan fingerprint density at radius 1 is 1.48 bits per heavy atom. The van der Waals surface area contributed by atoms with Gasteiger partial charge >= 0.3 is 0 Å². The van der Waals surface area contributed by atoms with Crippen molar-refractivity contribution in [1.82, 2.24) is 4.90 Å². The Labute approximate surface area is 135 Å². The van der Waals surface area contributed by atoms with E-state index in [1.54, 1.807) is 6.08 Å². The monoisotopic (exact) mass is 326 g/mol. The van der Waals surface area contributed by atoms with Gasteiger partial charge in [0.05, 0.1) is 10.9 Å². The molecule has 21 heavy (non-hydrogen) atoms. The number of halogens is 1. The molecular formula is C16H23ClN2OS. The average molecular weight is 327 g/mol. The molecule has 2 rings (SSSR count). The molecule has 0 radical (unpaired) electrons. The van der Waals surface area contributed by atoms with Crippen LogP contribution in [0.2, 0.25) is 4.34 Å². The minimum atomic E-state index is 0.168. The molecule has 116 valence electrons. The highest BCUT2D eigenvalue weighted by atomic mass is 35.5. The van der Waals surface area contributed by atoms with Crippen molar-refractivity contribution in [3.8, 4) is 0 Å². The Morgan fingerprint density at radius 2 is 2.24 bits per heavy atom. The molecule has 1 heterocycles. The Bertz CT molecular complexity index is 488. The molecule has 3 nitrogen and oxygen atoms in total. The largest absolute Gasteiger partial charge is 0.334 e. The van der Waals surface area contributed by atoms with Crippen LogP contribution in [-0.2, 0) is 11.3 Å². The molecule has 1 aliphatic carbocycles. The van der Waals surface area contributed by atoms with Crippen LogP contribution in [0.15, 0.2) is 24.8 Å². The van der Waals surface area contributed by atoms with Crippen molar-refractivity contribution in [3.05, 3.63) is 34.0 Å². The minimum Gasteiger partial charge on any atom is -0.334 e. The quantitative estimate of drug-likeness (QED) is 0.808. The third-order valence-corrected chi connectivity index (χ3v) is 5.30. The van der Waals surface area contributed by atoms with E-state index in [9.17, 15) is 4.79 Å². The highest BCUT2D eigenvalue weighted by Crippen LogP contribution is 2.27. The van der Waals surface area contributed by atoms with Crippen LogP contribution in [0.3, 0.4) is 0 Å². The number of nitrogens with zero attached hydrogens (tertiary/aromatic N) is 1. The zero-order valence-electron chi connectivity index (χ0n) is 12.3. The average Bonchev–Trinajstić information content (AvgIpc) is 2.86. The summed E-state index contributed by atoms with van der Waals surface area (Å²) in [6.45, 7) is 4.92. The Morgan fingerprint density at radius 3 is 2.86 bits per heavy atom. The van der Waals surface area contributed by atoms with Crippen LogP contribution in [0.25, 0.3) is 0 Å². The molecule has 2 atom stereocenters. The summed E-state index contributed by atoms with van der Waals surface area (Å²) in [6, 6.07) is 4.02. The van der Waals surface area contributed by atoms with Crippen molar-refractivity contribution in [2.75, 3.05) is 6.54 Å². The third kappa shape index (κ3) is 4.83. The van der Waals surface area contributed by atoms with Crippen molar-refractivity contribution in [2.24, 2.45) is 11.7 Å². The normalized spacial score (nSPS) is 22.0. The number of hydrogen-bond acceptors (Lipinski definition) is 3. The summed E-state index contributed by atoms with van der Waals surface area (Å²) in [5.41, 5.74) is 6.15. The third-order valence-electron chi connectivity index (χ3n) is 4.08. The van der Waals surface area contributed by atoms with Crippen LogP contribution in [0.1, 0.15) is 37.0 Å². The second-order valence-corrected chi connectivity index (χ2v) is 7.48. The van der Waals surface area contributed by atoms with Crippen LogP contribution in [0.5, 0.6) is 0 Å². The Balaban J connectivity index is 1.96. The fourth-order valence-electron chi connectivity index (χ4n) is 2.88. The molecule has 5 heteroatoms. The predicted octanol–water partition coefficient (Wildman–Crippen LogP) is 3.82. The second-order valence-electron chi connectivity index (χ2n) is 5.68. The minimum absolute atomic E-state index is 0.168. The first-order valence-electron chi connectivity index (χ1n) is 7.48. The second kappa shape index (κ2) is 7.97. The first-order chi connectivity index (χ1) is 10.1. The summed E-state index contributed by atoms with van der Waals surface area (Å²) >= 11 is 7.47. The number of carbonyl (C=O) groups excluding carboxylic acids is 1. The number of carbonyl (C=O) groups is 1. The first kappa shape index (κ1) is 16.5. The van der Waals surface area contributed by atoms with Gasteiger partial charge in [0.25, 0.3) is 0 Å². The maximum Gasteiger partial charge on any atom is 0.223 e. The molecule has 0 spiro atoms. The van der Waals surface area contributed by atoms with Gasteiger partial charge in [-0.25, -0.2) is 0 Å². The number of hydrogen-bond donors (Lipinski definition) is 1. The van der Waals surface area contributed by atoms with Crippen LogP contribution in [-0.4, -0.2) is 23.4 Å². The fourth-order valence-corrected chi connectivity index (χ4v) is 3.98. The highest BCUT2D eigenvalue weighted by molar-refractivity contribution is 7.16. The van der Waals surface area contributed by atoms with Gasteiger partial charge in [-0.1, -0.05) is 30.5 Å². The SMILES string of the molecule is C=CCN(Cc1ccc(Cl)s1)C(=O)CC1CCCCC1N. The molecule has 0 aliphatic heterocycles. The maximum atomic E-state index is 12.6. The first-order valence-corrected chi connectivity index (χ1v) is 8.68. The summed E-state index contributed by atoms with van der Waals surface area (Å²) in [5.74, 6) is 0.493. The molecule has 1 aromatic heterocycles. The molecule has 1 amide bonds. The molecule has 1 aliphatic rings. The van der Waals surface area contributed by atoms with E-state index in [0.717, 1.165) is 22.1 Å². The molecule has 1 aromatic rings. The summed E-state index contributed by atoms with van der Waals surface area (Å²) in [4.78, 5) is 15.5. The van der Waals surface area contributed by atoms with Crippen LogP contribution < -0.4 is 5.73 Å². The van der Waals surface area contributed by atoms with Crippen LogP contribution in [0.4, 0.5) is 0 Å². The van der Waals surface area contributed by atoms with Gasteiger partial charge in [0, 0.05) is 23.9 Å². The van der Waals surface area contributed by atoms with E-state index in [1.807, 2.05) is 17.0 Å². The zero-order valence-corrected chi connectivity index (χ0v) is 13.8. The lowest BCUT2D eigenvalue weighted by Gasteiger charge is -2.30. The lowest BCUT2D eigenvalue weighted by Crippen LogP contribution is -2.38. The summed E-state index contributed by atoms with van der Waals surface area (Å²) in [7, 11) is 0. The van der Waals surface area contributed by atoms with Crippen LogP contribution >= 0.6 is 22.9 Å². The van der Waals surface area contributed by atoms with Gasteiger partial charge in [0.2, 0.25) is 5.91 Å². The standard InChI is InChI=1S/C16H23ClN2OS/c1-2-9-19(11-13-7-8-15(17)21-13)16(20)10-12-5-3-4-6-14(12)18/h2,7-8,12,14H,1,3-6,9-11,18H2. The molecule has 1 saturated carbocycles. The Hall–Kier alpha value is -0.840. The van der Waals surface area contributed by atoms with E-state index in [2.05, 4.69) is 6.58 Å².